The second kappa shape index (κ2) is 7.30. The minimum atomic E-state index is 0.131. The molecular weight excluding hydrogens is 272 g/mol. The fourth-order valence-corrected chi connectivity index (χ4v) is 2.90. The zero-order chi connectivity index (χ0) is 14.5. The van der Waals surface area contributed by atoms with Crippen LogP contribution in [0.2, 0.25) is 5.02 Å². The smallest absolute Gasteiger partial charge is 0.0749 e. The lowest BCUT2D eigenvalue weighted by Crippen LogP contribution is -2.33. The third kappa shape index (κ3) is 4.37. The molecule has 1 saturated heterocycles. The first-order valence-corrected chi connectivity index (χ1v) is 7.81. The summed E-state index contributed by atoms with van der Waals surface area (Å²) in [7, 11) is 2.09. The fraction of sp³-hybridized carbons (Fsp3) is 0.625. The Labute approximate surface area is 127 Å². The average molecular weight is 297 g/mol. The molecule has 1 fully saturated rings. The van der Waals surface area contributed by atoms with E-state index in [9.17, 15) is 0 Å². The number of hydrogen-bond acceptors (Lipinski definition) is 3. The molecule has 20 heavy (non-hydrogen) atoms. The summed E-state index contributed by atoms with van der Waals surface area (Å²) in [6.07, 6.45) is 4.77. The van der Waals surface area contributed by atoms with E-state index in [4.69, 9.17) is 22.1 Å². The largest absolute Gasteiger partial charge is 0.376 e. The van der Waals surface area contributed by atoms with Crippen molar-refractivity contribution in [3.05, 3.63) is 28.8 Å². The predicted octanol–water partition coefficient (Wildman–Crippen LogP) is 3.24. The Kier molecular flexibility index (Phi) is 5.70. The van der Waals surface area contributed by atoms with Gasteiger partial charge in [-0.1, -0.05) is 17.7 Å². The van der Waals surface area contributed by atoms with Crippen LogP contribution >= 0.6 is 11.6 Å². The summed E-state index contributed by atoms with van der Waals surface area (Å²) in [4.78, 5) is 2.22. The summed E-state index contributed by atoms with van der Waals surface area (Å²) in [5.74, 6) is 0. The van der Waals surface area contributed by atoms with Crippen LogP contribution in [0, 0.1) is 0 Å². The van der Waals surface area contributed by atoms with Crippen LogP contribution in [0.3, 0.4) is 0 Å². The zero-order valence-electron chi connectivity index (χ0n) is 12.4. The highest BCUT2D eigenvalue weighted by molar-refractivity contribution is 6.31. The third-order valence-corrected chi connectivity index (χ3v) is 4.12. The van der Waals surface area contributed by atoms with Gasteiger partial charge >= 0.3 is 0 Å². The molecule has 2 rings (SSSR count). The lowest BCUT2D eigenvalue weighted by Gasteiger charge is -2.29. The molecule has 2 unspecified atom stereocenters. The summed E-state index contributed by atoms with van der Waals surface area (Å²) in [6, 6.07) is 6.36. The predicted molar refractivity (Wildman–Crippen MR) is 85.7 cm³/mol. The van der Waals surface area contributed by atoms with Crippen molar-refractivity contribution in [3.63, 3.8) is 0 Å². The van der Waals surface area contributed by atoms with Crippen LogP contribution in [0.4, 0.5) is 5.69 Å². The Morgan fingerprint density at radius 3 is 2.85 bits per heavy atom. The van der Waals surface area contributed by atoms with Gasteiger partial charge in [-0.3, -0.25) is 0 Å². The van der Waals surface area contributed by atoms with Crippen molar-refractivity contribution in [1.82, 2.24) is 0 Å². The number of halogens is 1. The van der Waals surface area contributed by atoms with E-state index in [0.717, 1.165) is 42.3 Å². The van der Waals surface area contributed by atoms with Crippen LogP contribution < -0.4 is 10.6 Å². The van der Waals surface area contributed by atoms with Crippen molar-refractivity contribution in [2.75, 3.05) is 25.1 Å². The maximum absolute atomic E-state index is 6.35. The van der Waals surface area contributed by atoms with Crippen LogP contribution in [-0.4, -0.2) is 32.3 Å². The van der Waals surface area contributed by atoms with Crippen molar-refractivity contribution >= 4 is 17.3 Å². The molecule has 1 aliphatic heterocycles. The molecule has 2 atom stereocenters. The Morgan fingerprint density at radius 2 is 2.25 bits per heavy atom. The van der Waals surface area contributed by atoms with Crippen molar-refractivity contribution in [2.24, 2.45) is 5.73 Å². The van der Waals surface area contributed by atoms with E-state index in [1.54, 1.807) is 0 Å². The third-order valence-electron chi connectivity index (χ3n) is 3.77. The number of rotatable bonds is 5. The van der Waals surface area contributed by atoms with Crippen molar-refractivity contribution in [2.45, 2.75) is 44.8 Å². The van der Waals surface area contributed by atoms with E-state index in [1.807, 2.05) is 13.0 Å². The molecule has 0 spiro atoms. The Morgan fingerprint density at radius 1 is 1.45 bits per heavy atom. The maximum Gasteiger partial charge on any atom is 0.0749 e. The van der Waals surface area contributed by atoms with Gasteiger partial charge in [0.25, 0.3) is 0 Å². The summed E-state index contributed by atoms with van der Waals surface area (Å²) in [5, 5.41) is 0.802. The minimum Gasteiger partial charge on any atom is -0.376 e. The van der Waals surface area contributed by atoms with Gasteiger partial charge in [0.1, 0.15) is 0 Å². The first-order chi connectivity index (χ1) is 9.56. The van der Waals surface area contributed by atoms with E-state index in [2.05, 4.69) is 24.1 Å². The number of hydrogen-bond donors (Lipinski definition) is 1. The monoisotopic (exact) mass is 296 g/mol. The number of anilines is 1. The Hall–Kier alpha value is -0.770. The highest BCUT2D eigenvalue weighted by Crippen LogP contribution is 2.25. The molecule has 1 aromatic carbocycles. The molecule has 0 aliphatic carbocycles. The number of nitrogens with zero attached hydrogens (tertiary/aromatic N) is 1. The normalized spacial score (nSPS) is 20.7. The molecule has 0 radical (unpaired) electrons. The molecule has 4 heteroatoms. The highest BCUT2D eigenvalue weighted by Gasteiger charge is 2.16. The van der Waals surface area contributed by atoms with Crippen molar-refractivity contribution in [1.29, 1.82) is 0 Å². The molecule has 2 N–H and O–H groups in total. The first-order valence-electron chi connectivity index (χ1n) is 7.43. The summed E-state index contributed by atoms with van der Waals surface area (Å²) in [6.45, 7) is 3.81. The van der Waals surface area contributed by atoms with E-state index in [1.165, 1.54) is 12.8 Å². The summed E-state index contributed by atoms with van der Waals surface area (Å²) < 4.78 is 5.79. The van der Waals surface area contributed by atoms with E-state index < -0.39 is 0 Å². The second-order valence-electron chi connectivity index (χ2n) is 5.83. The molecular formula is C16H25ClN2O. The molecule has 0 aromatic heterocycles. The number of likely N-dealkylation sites (N-methyl/N-ethyl adjacent to an activating group) is 1. The Balaban J connectivity index is 1.98. The van der Waals surface area contributed by atoms with Crippen LogP contribution in [0.25, 0.3) is 0 Å². The van der Waals surface area contributed by atoms with Gasteiger partial charge in [0, 0.05) is 37.0 Å². The van der Waals surface area contributed by atoms with Gasteiger partial charge in [-0.05, 0) is 50.3 Å². The van der Waals surface area contributed by atoms with Gasteiger partial charge in [0.2, 0.25) is 0 Å². The molecule has 1 heterocycles. The van der Waals surface area contributed by atoms with Crippen LogP contribution in [-0.2, 0) is 11.2 Å². The summed E-state index contributed by atoms with van der Waals surface area (Å²) >= 11 is 6.35. The van der Waals surface area contributed by atoms with Gasteiger partial charge in [-0.15, -0.1) is 0 Å². The van der Waals surface area contributed by atoms with E-state index in [0.29, 0.717) is 6.10 Å². The standard InChI is InChI=1S/C16H25ClN2O/c1-12(18)9-13-6-7-14(10-16(13)17)19(2)11-15-5-3-4-8-20-15/h6-7,10,12,15H,3-5,8-9,11,18H2,1-2H3. The molecule has 1 aliphatic rings. The van der Waals surface area contributed by atoms with E-state index in [-0.39, 0.29) is 6.04 Å². The van der Waals surface area contributed by atoms with E-state index >= 15 is 0 Å². The fourth-order valence-electron chi connectivity index (χ4n) is 2.65. The highest BCUT2D eigenvalue weighted by atomic mass is 35.5. The quantitative estimate of drug-likeness (QED) is 0.906. The van der Waals surface area contributed by atoms with Gasteiger partial charge in [0.15, 0.2) is 0 Å². The molecule has 112 valence electrons. The van der Waals surface area contributed by atoms with Gasteiger partial charge in [0.05, 0.1) is 6.10 Å². The zero-order valence-corrected chi connectivity index (χ0v) is 13.2. The van der Waals surface area contributed by atoms with Crippen LogP contribution in [0.15, 0.2) is 18.2 Å². The molecule has 3 nitrogen and oxygen atoms in total. The maximum atomic E-state index is 6.35. The molecule has 0 saturated carbocycles. The lowest BCUT2D eigenvalue weighted by atomic mass is 10.1. The van der Waals surface area contributed by atoms with Crippen molar-refractivity contribution < 1.29 is 4.74 Å². The topological polar surface area (TPSA) is 38.5 Å². The summed E-state index contributed by atoms with van der Waals surface area (Å²) in [5.41, 5.74) is 8.08. The SMILES string of the molecule is CC(N)Cc1ccc(N(C)CC2CCCCO2)cc1Cl. The number of nitrogens with two attached hydrogens (primary N) is 1. The van der Waals surface area contributed by atoms with Crippen LogP contribution in [0.1, 0.15) is 31.7 Å². The molecule has 1 aromatic rings. The van der Waals surface area contributed by atoms with Crippen LogP contribution in [0.5, 0.6) is 0 Å². The minimum absolute atomic E-state index is 0.131. The first kappa shape index (κ1) is 15.6. The average Bonchev–Trinajstić information content (AvgIpc) is 2.41. The molecule has 0 bridgehead atoms. The van der Waals surface area contributed by atoms with Gasteiger partial charge in [-0.2, -0.15) is 0 Å². The number of ether oxygens (including phenoxy) is 1. The lowest BCUT2D eigenvalue weighted by molar-refractivity contribution is 0.0216. The number of benzene rings is 1. The van der Waals surface area contributed by atoms with Crippen molar-refractivity contribution in [3.8, 4) is 0 Å². The van der Waals surface area contributed by atoms with Gasteiger partial charge in [-0.25, -0.2) is 0 Å². The Bertz CT molecular complexity index is 430. The molecule has 0 amide bonds. The second-order valence-corrected chi connectivity index (χ2v) is 6.23. The van der Waals surface area contributed by atoms with Gasteiger partial charge < -0.3 is 15.4 Å².